The maximum atomic E-state index is 13.3. The third-order valence-electron chi connectivity index (χ3n) is 2.90. The largest absolute Gasteiger partial charge is 0.207 e. The van der Waals surface area contributed by atoms with Crippen LogP contribution in [0.4, 0.5) is 4.39 Å². The number of aryl methyl sites for hydroxylation is 2. The van der Waals surface area contributed by atoms with Crippen LogP contribution in [0.5, 0.6) is 0 Å². The molecular formula is C15H13BrClF. The van der Waals surface area contributed by atoms with E-state index < -0.39 is 0 Å². The van der Waals surface area contributed by atoms with Crippen molar-refractivity contribution < 1.29 is 4.39 Å². The van der Waals surface area contributed by atoms with Crippen LogP contribution < -0.4 is 0 Å². The molecule has 0 bridgehead atoms. The van der Waals surface area contributed by atoms with E-state index in [4.69, 9.17) is 11.6 Å². The Kier molecular flexibility index (Phi) is 4.08. The molecule has 0 aromatic heterocycles. The SMILES string of the molecule is Cc1ccc(Br)c(C(Cl)c2ccc(F)c(C)c2)c1. The van der Waals surface area contributed by atoms with E-state index in [1.807, 2.05) is 25.1 Å². The fourth-order valence-electron chi connectivity index (χ4n) is 1.86. The van der Waals surface area contributed by atoms with Gasteiger partial charge in [-0.15, -0.1) is 11.6 Å². The summed E-state index contributed by atoms with van der Waals surface area (Å²) >= 11 is 9.98. The van der Waals surface area contributed by atoms with Crippen LogP contribution in [0, 0.1) is 19.7 Å². The van der Waals surface area contributed by atoms with Gasteiger partial charge in [0.25, 0.3) is 0 Å². The summed E-state index contributed by atoms with van der Waals surface area (Å²) in [6.45, 7) is 3.77. The van der Waals surface area contributed by atoms with Crippen molar-refractivity contribution in [1.82, 2.24) is 0 Å². The van der Waals surface area contributed by atoms with Gasteiger partial charge >= 0.3 is 0 Å². The van der Waals surface area contributed by atoms with Crippen LogP contribution in [0.25, 0.3) is 0 Å². The highest BCUT2D eigenvalue weighted by atomic mass is 79.9. The molecule has 1 unspecified atom stereocenters. The number of rotatable bonds is 2. The third kappa shape index (κ3) is 2.76. The van der Waals surface area contributed by atoms with Gasteiger partial charge in [-0.3, -0.25) is 0 Å². The molecule has 1 atom stereocenters. The average Bonchev–Trinajstić information content (AvgIpc) is 2.35. The zero-order chi connectivity index (χ0) is 13.3. The number of benzene rings is 2. The monoisotopic (exact) mass is 326 g/mol. The van der Waals surface area contributed by atoms with Gasteiger partial charge in [-0.25, -0.2) is 4.39 Å². The molecule has 0 aliphatic rings. The predicted molar refractivity (Wildman–Crippen MR) is 77.7 cm³/mol. The molecule has 0 amide bonds. The molecule has 0 nitrogen and oxygen atoms in total. The van der Waals surface area contributed by atoms with E-state index >= 15 is 0 Å². The topological polar surface area (TPSA) is 0 Å². The standard InChI is InChI=1S/C15H13BrClF/c1-9-3-5-13(16)12(7-9)15(17)11-4-6-14(18)10(2)8-11/h3-8,15H,1-2H3. The minimum absolute atomic E-state index is 0.203. The molecule has 18 heavy (non-hydrogen) atoms. The summed E-state index contributed by atoms with van der Waals surface area (Å²) in [6.07, 6.45) is 0. The Labute approximate surface area is 120 Å². The lowest BCUT2D eigenvalue weighted by atomic mass is 10.0. The van der Waals surface area contributed by atoms with Gasteiger partial charge in [0, 0.05) is 4.47 Å². The van der Waals surface area contributed by atoms with Gasteiger partial charge in [-0.2, -0.15) is 0 Å². The summed E-state index contributed by atoms with van der Waals surface area (Å²) in [6, 6.07) is 11.0. The highest BCUT2D eigenvalue weighted by Gasteiger charge is 2.15. The van der Waals surface area contributed by atoms with Crippen molar-refractivity contribution in [3.8, 4) is 0 Å². The molecule has 0 fully saturated rings. The summed E-state index contributed by atoms with van der Waals surface area (Å²) in [5.74, 6) is -0.203. The van der Waals surface area contributed by atoms with Gasteiger partial charge in [-0.1, -0.05) is 45.8 Å². The van der Waals surface area contributed by atoms with Crippen molar-refractivity contribution in [3.63, 3.8) is 0 Å². The van der Waals surface area contributed by atoms with Crippen LogP contribution in [0.2, 0.25) is 0 Å². The second-order valence-electron chi connectivity index (χ2n) is 4.40. The quantitative estimate of drug-likeness (QED) is 0.636. The minimum Gasteiger partial charge on any atom is -0.207 e. The number of halogens is 3. The summed E-state index contributed by atoms with van der Waals surface area (Å²) in [5.41, 5.74) is 3.67. The van der Waals surface area contributed by atoms with Crippen LogP contribution in [0.3, 0.4) is 0 Å². The number of alkyl halides is 1. The zero-order valence-corrected chi connectivity index (χ0v) is 12.5. The molecule has 0 N–H and O–H groups in total. The third-order valence-corrected chi connectivity index (χ3v) is 4.11. The zero-order valence-electron chi connectivity index (χ0n) is 10.2. The second-order valence-corrected chi connectivity index (χ2v) is 5.69. The maximum Gasteiger partial charge on any atom is 0.126 e. The van der Waals surface area contributed by atoms with Crippen molar-refractivity contribution >= 4 is 27.5 Å². The fraction of sp³-hybridized carbons (Fsp3) is 0.200. The van der Waals surface area contributed by atoms with E-state index in [0.717, 1.165) is 21.2 Å². The lowest BCUT2D eigenvalue weighted by Crippen LogP contribution is -1.97. The van der Waals surface area contributed by atoms with E-state index in [2.05, 4.69) is 15.9 Å². The minimum atomic E-state index is -0.279. The first-order chi connectivity index (χ1) is 8.49. The van der Waals surface area contributed by atoms with Gasteiger partial charge < -0.3 is 0 Å². The summed E-state index contributed by atoms with van der Waals surface area (Å²) in [5, 5.41) is -0.279. The van der Waals surface area contributed by atoms with Crippen LogP contribution in [-0.4, -0.2) is 0 Å². The summed E-state index contributed by atoms with van der Waals surface area (Å²) in [7, 11) is 0. The molecule has 0 aliphatic heterocycles. The smallest absolute Gasteiger partial charge is 0.126 e. The first-order valence-electron chi connectivity index (χ1n) is 5.65. The van der Waals surface area contributed by atoms with Crippen molar-refractivity contribution in [1.29, 1.82) is 0 Å². The average molecular weight is 328 g/mol. The Balaban J connectivity index is 2.44. The number of hydrogen-bond donors (Lipinski definition) is 0. The Morgan fingerprint density at radius 1 is 1.11 bits per heavy atom. The molecule has 0 spiro atoms. The van der Waals surface area contributed by atoms with E-state index in [0.29, 0.717) is 5.56 Å². The van der Waals surface area contributed by atoms with Crippen molar-refractivity contribution in [2.45, 2.75) is 19.2 Å². The van der Waals surface area contributed by atoms with E-state index in [1.165, 1.54) is 6.07 Å². The second kappa shape index (κ2) is 5.41. The first kappa shape index (κ1) is 13.6. The van der Waals surface area contributed by atoms with Crippen molar-refractivity contribution in [2.75, 3.05) is 0 Å². The highest BCUT2D eigenvalue weighted by Crippen LogP contribution is 2.34. The maximum absolute atomic E-state index is 13.3. The molecule has 0 saturated carbocycles. The molecule has 94 valence electrons. The van der Waals surface area contributed by atoms with Gasteiger partial charge in [-0.05, 0) is 42.7 Å². The Hall–Kier alpha value is -0.860. The normalized spacial score (nSPS) is 12.5. The molecule has 0 saturated heterocycles. The Morgan fingerprint density at radius 2 is 1.83 bits per heavy atom. The fourth-order valence-corrected chi connectivity index (χ4v) is 2.79. The molecule has 0 heterocycles. The van der Waals surface area contributed by atoms with Crippen LogP contribution >= 0.6 is 27.5 Å². The van der Waals surface area contributed by atoms with E-state index in [9.17, 15) is 4.39 Å². The Morgan fingerprint density at radius 3 is 2.50 bits per heavy atom. The van der Waals surface area contributed by atoms with E-state index in [-0.39, 0.29) is 11.2 Å². The van der Waals surface area contributed by atoms with Crippen LogP contribution in [0.15, 0.2) is 40.9 Å². The molecule has 0 aliphatic carbocycles. The van der Waals surface area contributed by atoms with Gasteiger partial charge in [0.2, 0.25) is 0 Å². The molecule has 2 aromatic carbocycles. The van der Waals surface area contributed by atoms with Gasteiger partial charge in [0.15, 0.2) is 0 Å². The molecule has 2 aromatic rings. The van der Waals surface area contributed by atoms with Crippen molar-refractivity contribution in [3.05, 3.63) is 68.9 Å². The Bertz CT molecular complexity index is 581. The highest BCUT2D eigenvalue weighted by molar-refractivity contribution is 9.10. The number of hydrogen-bond acceptors (Lipinski definition) is 0. The van der Waals surface area contributed by atoms with Crippen molar-refractivity contribution in [2.24, 2.45) is 0 Å². The molecule has 2 rings (SSSR count). The predicted octanol–water partition coefficient (Wildman–Crippen LogP) is 5.53. The first-order valence-corrected chi connectivity index (χ1v) is 6.88. The van der Waals surface area contributed by atoms with Gasteiger partial charge in [0.1, 0.15) is 5.82 Å². The molecule has 0 radical (unpaired) electrons. The summed E-state index contributed by atoms with van der Waals surface area (Å²) < 4.78 is 14.2. The van der Waals surface area contributed by atoms with Crippen LogP contribution in [0.1, 0.15) is 27.6 Å². The van der Waals surface area contributed by atoms with Gasteiger partial charge in [0.05, 0.1) is 5.38 Å². The molecule has 3 heteroatoms. The lowest BCUT2D eigenvalue weighted by molar-refractivity contribution is 0.617. The van der Waals surface area contributed by atoms with E-state index in [1.54, 1.807) is 19.1 Å². The van der Waals surface area contributed by atoms with Crippen LogP contribution in [-0.2, 0) is 0 Å². The summed E-state index contributed by atoms with van der Waals surface area (Å²) in [4.78, 5) is 0. The molecular weight excluding hydrogens is 315 g/mol. The lowest BCUT2D eigenvalue weighted by Gasteiger charge is -2.14.